The van der Waals surface area contributed by atoms with Gasteiger partial charge >= 0.3 is 0 Å². The fourth-order valence-corrected chi connectivity index (χ4v) is 1.83. The lowest BCUT2D eigenvalue weighted by molar-refractivity contribution is 0.203. The summed E-state index contributed by atoms with van der Waals surface area (Å²) in [6.45, 7) is 7.04. The van der Waals surface area contributed by atoms with Gasteiger partial charge in [-0.2, -0.15) is 0 Å². The van der Waals surface area contributed by atoms with Gasteiger partial charge in [0.05, 0.1) is 0 Å². The van der Waals surface area contributed by atoms with Crippen LogP contribution in [0, 0.1) is 5.41 Å². The third-order valence-electron chi connectivity index (χ3n) is 3.16. The number of aliphatic hydroxyl groups is 1. The summed E-state index contributed by atoms with van der Waals surface area (Å²) in [5, 5.41) is 31.3. The van der Waals surface area contributed by atoms with Crippen molar-refractivity contribution in [1.29, 1.82) is 0 Å². The number of aromatic hydroxyl groups is 2. The van der Waals surface area contributed by atoms with E-state index < -0.39 is 0 Å². The number of rotatable bonds is 6. The molecule has 0 saturated carbocycles. The Hall–Kier alpha value is -1.26. The van der Waals surface area contributed by atoms with Crippen LogP contribution in [0.5, 0.6) is 11.5 Å². The largest absolute Gasteiger partial charge is 0.508 e. The van der Waals surface area contributed by atoms with Crippen LogP contribution in [-0.4, -0.2) is 28.5 Å². The standard InChI is InChI=1S/C14H23NO3/c1-10(15-9-14(2,3)6-7-16)12-5-4-11(17)8-13(12)18/h4-5,8,10,15-18H,6-7,9H2,1-3H3. The van der Waals surface area contributed by atoms with E-state index in [0.29, 0.717) is 0 Å². The second-order valence-electron chi connectivity index (χ2n) is 5.48. The van der Waals surface area contributed by atoms with Gasteiger partial charge in [0, 0.05) is 30.8 Å². The monoisotopic (exact) mass is 253 g/mol. The van der Waals surface area contributed by atoms with Gasteiger partial charge in [0.1, 0.15) is 11.5 Å². The van der Waals surface area contributed by atoms with Crippen molar-refractivity contribution in [3.05, 3.63) is 23.8 Å². The molecule has 1 atom stereocenters. The molecule has 4 nitrogen and oxygen atoms in total. The first-order valence-corrected chi connectivity index (χ1v) is 6.22. The highest BCUT2D eigenvalue weighted by molar-refractivity contribution is 5.40. The van der Waals surface area contributed by atoms with Crippen molar-refractivity contribution in [3.8, 4) is 11.5 Å². The summed E-state index contributed by atoms with van der Waals surface area (Å²) in [5.41, 5.74) is 0.767. The predicted molar refractivity (Wildman–Crippen MR) is 71.7 cm³/mol. The van der Waals surface area contributed by atoms with Crippen LogP contribution in [0.15, 0.2) is 18.2 Å². The lowest BCUT2D eigenvalue weighted by Crippen LogP contribution is -2.32. The molecule has 0 amide bonds. The Labute approximate surface area is 108 Å². The van der Waals surface area contributed by atoms with Crippen LogP contribution in [0.2, 0.25) is 0 Å². The normalized spacial score (nSPS) is 13.6. The van der Waals surface area contributed by atoms with Gasteiger partial charge in [-0.1, -0.05) is 19.9 Å². The van der Waals surface area contributed by atoms with Crippen molar-refractivity contribution >= 4 is 0 Å². The van der Waals surface area contributed by atoms with E-state index in [1.165, 1.54) is 6.07 Å². The molecule has 0 spiro atoms. The molecule has 0 aliphatic carbocycles. The highest BCUT2D eigenvalue weighted by Gasteiger charge is 2.19. The minimum atomic E-state index is -0.0106. The van der Waals surface area contributed by atoms with Crippen molar-refractivity contribution < 1.29 is 15.3 Å². The number of nitrogens with one attached hydrogen (secondary N) is 1. The number of hydrogen-bond donors (Lipinski definition) is 4. The van der Waals surface area contributed by atoms with Gasteiger partial charge in [0.15, 0.2) is 0 Å². The Kier molecular flexibility index (Phi) is 4.99. The third kappa shape index (κ3) is 4.20. The fraction of sp³-hybridized carbons (Fsp3) is 0.571. The molecule has 0 aliphatic rings. The van der Waals surface area contributed by atoms with E-state index >= 15 is 0 Å². The van der Waals surface area contributed by atoms with Crippen LogP contribution in [-0.2, 0) is 0 Å². The Morgan fingerprint density at radius 1 is 1.28 bits per heavy atom. The topological polar surface area (TPSA) is 72.7 Å². The van der Waals surface area contributed by atoms with Crippen LogP contribution >= 0.6 is 0 Å². The molecular formula is C14H23NO3. The van der Waals surface area contributed by atoms with Crippen LogP contribution in [0.25, 0.3) is 0 Å². The van der Waals surface area contributed by atoms with E-state index in [2.05, 4.69) is 19.2 Å². The summed E-state index contributed by atoms with van der Waals surface area (Å²) in [6, 6.07) is 4.60. The molecule has 4 N–H and O–H groups in total. The van der Waals surface area contributed by atoms with E-state index in [1.54, 1.807) is 12.1 Å². The Bertz CT molecular complexity index is 391. The lowest BCUT2D eigenvalue weighted by atomic mass is 9.89. The molecular weight excluding hydrogens is 230 g/mol. The van der Waals surface area contributed by atoms with Gasteiger partial charge in [-0.3, -0.25) is 0 Å². The lowest BCUT2D eigenvalue weighted by Gasteiger charge is -2.26. The van der Waals surface area contributed by atoms with E-state index in [1.807, 2.05) is 6.92 Å². The fourth-order valence-electron chi connectivity index (χ4n) is 1.83. The van der Waals surface area contributed by atoms with Crippen molar-refractivity contribution in [2.75, 3.05) is 13.2 Å². The van der Waals surface area contributed by atoms with E-state index in [0.717, 1.165) is 18.5 Å². The molecule has 0 fully saturated rings. The van der Waals surface area contributed by atoms with Gasteiger partial charge < -0.3 is 20.6 Å². The third-order valence-corrected chi connectivity index (χ3v) is 3.16. The molecule has 18 heavy (non-hydrogen) atoms. The molecule has 0 aromatic heterocycles. The molecule has 4 heteroatoms. The molecule has 0 aliphatic heterocycles. The Morgan fingerprint density at radius 2 is 1.94 bits per heavy atom. The first-order valence-electron chi connectivity index (χ1n) is 6.22. The summed E-state index contributed by atoms with van der Waals surface area (Å²) in [5.74, 6) is 0.152. The molecule has 102 valence electrons. The maximum atomic E-state index is 9.75. The zero-order valence-corrected chi connectivity index (χ0v) is 11.3. The molecule has 1 unspecified atom stereocenters. The molecule has 0 saturated heterocycles. The van der Waals surface area contributed by atoms with E-state index in [9.17, 15) is 10.2 Å². The summed E-state index contributed by atoms with van der Waals surface area (Å²) in [6.07, 6.45) is 0.730. The van der Waals surface area contributed by atoms with Crippen molar-refractivity contribution in [3.63, 3.8) is 0 Å². The van der Waals surface area contributed by atoms with Gasteiger partial charge in [0.2, 0.25) is 0 Å². The van der Waals surface area contributed by atoms with Crippen molar-refractivity contribution in [2.24, 2.45) is 5.41 Å². The second-order valence-corrected chi connectivity index (χ2v) is 5.48. The average molecular weight is 253 g/mol. The number of aliphatic hydroxyl groups excluding tert-OH is 1. The van der Waals surface area contributed by atoms with Crippen molar-refractivity contribution in [2.45, 2.75) is 33.2 Å². The van der Waals surface area contributed by atoms with Gasteiger partial charge in [-0.15, -0.1) is 0 Å². The summed E-state index contributed by atoms with van der Waals surface area (Å²) >= 11 is 0. The second kappa shape index (κ2) is 6.07. The average Bonchev–Trinajstić information content (AvgIpc) is 2.26. The van der Waals surface area contributed by atoms with Crippen LogP contribution < -0.4 is 5.32 Å². The maximum absolute atomic E-state index is 9.75. The number of hydrogen-bond acceptors (Lipinski definition) is 4. The van der Waals surface area contributed by atoms with E-state index in [-0.39, 0.29) is 29.6 Å². The number of benzene rings is 1. The van der Waals surface area contributed by atoms with Gasteiger partial charge in [-0.05, 0) is 24.8 Å². The summed E-state index contributed by atoms with van der Waals surface area (Å²) in [7, 11) is 0. The zero-order valence-electron chi connectivity index (χ0n) is 11.3. The highest BCUT2D eigenvalue weighted by Crippen LogP contribution is 2.28. The molecule has 1 aromatic carbocycles. The van der Waals surface area contributed by atoms with Crippen molar-refractivity contribution in [1.82, 2.24) is 5.32 Å². The minimum absolute atomic E-state index is 0.00947. The molecule has 0 radical (unpaired) electrons. The quantitative estimate of drug-likeness (QED) is 0.627. The summed E-state index contributed by atoms with van der Waals surface area (Å²) in [4.78, 5) is 0. The SMILES string of the molecule is CC(NCC(C)(C)CCO)c1ccc(O)cc1O. The highest BCUT2D eigenvalue weighted by atomic mass is 16.3. The van der Waals surface area contributed by atoms with Crippen LogP contribution in [0.4, 0.5) is 0 Å². The van der Waals surface area contributed by atoms with Gasteiger partial charge in [-0.25, -0.2) is 0 Å². The smallest absolute Gasteiger partial charge is 0.124 e. The van der Waals surface area contributed by atoms with Gasteiger partial charge in [0.25, 0.3) is 0 Å². The first-order chi connectivity index (χ1) is 8.35. The van der Waals surface area contributed by atoms with Crippen LogP contribution in [0.1, 0.15) is 38.8 Å². The number of phenolic OH excluding ortho intramolecular Hbond substituents is 2. The Balaban J connectivity index is 2.63. The zero-order chi connectivity index (χ0) is 13.8. The molecule has 0 bridgehead atoms. The molecule has 1 rings (SSSR count). The molecule has 0 heterocycles. The molecule has 1 aromatic rings. The van der Waals surface area contributed by atoms with E-state index in [4.69, 9.17) is 5.11 Å². The first kappa shape index (κ1) is 14.8. The van der Waals surface area contributed by atoms with Crippen LogP contribution in [0.3, 0.4) is 0 Å². The summed E-state index contributed by atoms with van der Waals surface area (Å²) < 4.78 is 0. The minimum Gasteiger partial charge on any atom is -0.508 e. The predicted octanol–water partition coefficient (Wildman–Crippen LogP) is 2.16. The maximum Gasteiger partial charge on any atom is 0.124 e. The Morgan fingerprint density at radius 3 is 2.50 bits per heavy atom. The number of phenols is 2.